The number of nitrogens with one attached hydrogen (secondary N) is 1. The lowest BCUT2D eigenvalue weighted by Crippen LogP contribution is -2.34. The molecule has 1 aromatic heterocycles. The minimum absolute atomic E-state index is 0.540. The second kappa shape index (κ2) is 4.24. The summed E-state index contributed by atoms with van der Waals surface area (Å²) >= 11 is 0. The molecule has 1 fully saturated rings. The van der Waals surface area contributed by atoms with Crippen LogP contribution in [0.2, 0.25) is 0 Å². The van der Waals surface area contributed by atoms with E-state index in [1.165, 1.54) is 0 Å². The number of hydrogen-bond acceptors (Lipinski definition) is 6. The first-order chi connectivity index (χ1) is 8.04. The quantitative estimate of drug-likeness (QED) is 0.521. The number of nitrogens with zero attached hydrogens (tertiary/aromatic N) is 1. The Morgan fingerprint density at radius 1 is 1.41 bits per heavy atom. The molecule has 8 heteroatoms. The van der Waals surface area contributed by atoms with E-state index in [1.54, 1.807) is 0 Å². The lowest BCUT2D eigenvalue weighted by molar-refractivity contribution is -0.130. The van der Waals surface area contributed by atoms with E-state index in [2.05, 4.69) is 0 Å². The molecule has 0 aliphatic carbocycles. The molecule has 0 saturated carbocycles. The maximum atomic E-state index is 11.6. The minimum atomic E-state index is -1.48. The van der Waals surface area contributed by atoms with Crippen molar-refractivity contribution in [2.45, 2.75) is 18.4 Å². The molecule has 1 aromatic rings. The minimum Gasteiger partial charge on any atom is -0.394 e. The lowest BCUT2D eigenvalue weighted by Gasteiger charge is -2.12. The van der Waals surface area contributed by atoms with E-state index in [9.17, 15) is 19.5 Å². The number of aliphatic hydroxyl groups is 2. The molecule has 0 bridgehead atoms. The summed E-state index contributed by atoms with van der Waals surface area (Å²) < 4.78 is 5.88. The Kier molecular flexibility index (Phi) is 2.92. The van der Waals surface area contributed by atoms with Crippen LogP contribution in [0.25, 0.3) is 0 Å². The number of aromatic nitrogens is 2. The number of Topliss-reactive ketones (excluding diaryl/α,β-unsaturated/α-hetero) is 1. The third-order valence-electron chi connectivity index (χ3n) is 2.47. The van der Waals surface area contributed by atoms with Crippen LogP contribution in [0.4, 0.5) is 0 Å². The van der Waals surface area contributed by atoms with Crippen LogP contribution in [0.15, 0.2) is 21.9 Å². The molecule has 0 aromatic carbocycles. The van der Waals surface area contributed by atoms with Gasteiger partial charge in [0.15, 0.2) is 0 Å². The van der Waals surface area contributed by atoms with Gasteiger partial charge in [-0.05, 0) is 0 Å². The molecule has 3 atom stereocenters. The van der Waals surface area contributed by atoms with Gasteiger partial charge >= 0.3 is 5.69 Å². The van der Waals surface area contributed by atoms with Gasteiger partial charge in [-0.2, -0.15) is 0 Å². The predicted octanol–water partition coefficient (Wildman–Crippen LogP) is -2.64. The van der Waals surface area contributed by atoms with Crippen molar-refractivity contribution in [1.29, 1.82) is 0 Å². The molecule has 3 N–H and O–H groups in total. The van der Waals surface area contributed by atoms with Gasteiger partial charge in [0.2, 0.25) is 12.0 Å². The SMILES string of the molecule is O=C1[C@H](n2ccc(=O)[nH]c2=O)O[C@H](CO)[C@H]1O. The summed E-state index contributed by atoms with van der Waals surface area (Å²) in [5.41, 5.74) is -1.42. The molecule has 1 aliphatic heterocycles. The Morgan fingerprint density at radius 2 is 2.12 bits per heavy atom. The molecule has 2 rings (SSSR count). The Morgan fingerprint density at radius 3 is 2.65 bits per heavy atom. The summed E-state index contributed by atoms with van der Waals surface area (Å²) in [4.78, 5) is 35.8. The molecule has 1 aliphatic rings. The lowest BCUT2D eigenvalue weighted by atomic mass is 10.2. The zero-order valence-electron chi connectivity index (χ0n) is 8.57. The van der Waals surface area contributed by atoms with Gasteiger partial charge in [0.1, 0.15) is 12.2 Å². The van der Waals surface area contributed by atoms with Gasteiger partial charge in [0.25, 0.3) is 5.56 Å². The Labute approximate surface area is 94.1 Å². The summed E-state index contributed by atoms with van der Waals surface area (Å²) in [7, 11) is 0. The number of H-pyrrole nitrogens is 1. The van der Waals surface area contributed by atoms with Gasteiger partial charge in [-0.3, -0.25) is 19.1 Å². The number of carbonyl (C=O) groups excluding carboxylic acids is 1. The number of hydrogen-bond donors (Lipinski definition) is 3. The molecule has 8 nitrogen and oxygen atoms in total. The van der Waals surface area contributed by atoms with Crippen LogP contribution in [0.3, 0.4) is 0 Å². The highest BCUT2D eigenvalue weighted by Crippen LogP contribution is 2.23. The number of ether oxygens (including phenoxy) is 1. The van der Waals surface area contributed by atoms with Gasteiger partial charge in [-0.25, -0.2) is 4.79 Å². The molecule has 2 heterocycles. The maximum Gasteiger partial charge on any atom is 0.330 e. The molecule has 0 amide bonds. The number of ketones is 1. The fraction of sp³-hybridized carbons (Fsp3) is 0.444. The van der Waals surface area contributed by atoms with Crippen LogP contribution < -0.4 is 11.2 Å². The van der Waals surface area contributed by atoms with E-state index in [1.807, 2.05) is 4.98 Å². The Hall–Kier alpha value is -1.77. The van der Waals surface area contributed by atoms with Gasteiger partial charge < -0.3 is 14.9 Å². The molecule has 17 heavy (non-hydrogen) atoms. The largest absolute Gasteiger partial charge is 0.394 e. The van der Waals surface area contributed by atoms with Crippen molar-refractivity contribution in [3.8, 4) is 0 Å². The van der Waals surface area contributed by atoms with Crippen LogP contribution in [0, 0.1) is 0 Å². The number of rotatable bonds is 2. The summed E-state index contributed by atoms with van der Waals surface area (Å²) in [5, 5.41) is 18.3. The van der Waals surface area contributed by atoms with Crippen LogP contribution in [-0.4, -0.2) is 44.4 Å². The van der Waals surface area contributed by atoms with Crippen molar-refractivity contribution in [3.05, 3.63) is 33.1 Å². The van der Waals surface area contributed by atoms with Gasteiger partial charge in [0.05, 0.1) is 6.61 Å². The number of aromatic amines is 1. The number of carbonyl (C=O) groups is 1. The number of aliphatic hydroxyl groups excluding tert-OH is 2. The van der Waals surface area contributed by atoms with Crippen molar-refractivity contribution < 1.29 is 19.7 Å². The van der Waals surface area contributed by atoms with E-state index in [-0.39, 0.29) is 0 Å². The van der Waals surface area contributed by atoms with Crippen molar-refractivity contribution in [2.24, 2.45) is 0 Å². The smallest absolute Gasteiger partial charge is 0.330 e. The van der Waals surface area contributed by atoms with Crippen molar-refractivity contribution in [1.82, 2.24) is 9.55 Å². The van der Waals surface area contributed by atoms with Crippen molar-refractivity contribution in [3.63, 3.8) is 0 Å². The highest BCUT2D eigenvalue weighted by molar-refractivity contribution is 5.87. The van der Waals surface area contributed by atoms with Gasteiger partial charge in [0, 0.05) is 12.3 Å². The third kappa shape index (κ3) is 1.93. The summed E-state index contributed by atoms with van der Waals surface area (Å²) in [5.74, 6) is -0.738. The van der Waals surface area contributed by atoms with Crippen LogP contribution >= 0.6 is 0 Å². The Bertz CT molecular complexity index is 547. The molecular formula is C9H10N2O6. The molecule has 0 radical (unpaired) electrons. The van der Waals surface area contributed by atoms with E-state index >= 15 is 0 Å². The average molecular weight is 242 g/mol. The summed E-state index contributed by atoms with van der Waals surface area (Å²) in [6, 6.07) is 1.05. The second-order valence-corrected chi connectivity index (χ2v) is 3.57. The monoisotopic (exact) mass is 242 g/mol. The summed E-state index contributed by atoms with van der Waals surface area (Å²) in [6.07, 6.45) is -2.78. The normalized spacial score (nSPS) is 28.6. The van der Waals surface area contributed by atoms with E-state index in [4.69, 9.17) is 9.84 Å². The van der Waals surface area contributed by atoms with Gasteiger partial charge in [-0.1, -0.05) is 0 Å². The van der Waals surface area contributed by atoms with Crippen LogP contribution in [0.5, 0.6) is 0 Å². The Balaban J connectivity index is 2.39. The molecule has 1 saturated heterocycles. The zero-order valence-corrected chi connectivity index (χ0v) is 8.57. The highest BCUT2D eigenvalue weighted by atomic mass is 16.6. The first-order valence-corrected chi connectivity index (χ1v) is 4.84. The highest BCUT2D eigenvalue weighted by Gasteiger charge is 2.43. The van der Waals surface area contributed by atoms with Crippen LogP contribution in [0.1, 0.15) is 6.23 Å². The third-order valence-corrected chi connectivity index (χ3v) is 2.47. The van der Waals surface area contributed by atoms with Crippen molar-refractivity contribution >= 4 is 5.78 Å². The van der Waals surface area contributed by atoms with Crippen LogP contribution in [-0.2, 0) is 9.53 Å². The fourth-order valence-electron chi connectivity index (χ4n) is 1.59. The average Bonchev–Trinajstić information content (AvgIpc) is 2.57. The van der Waals surface area contributed by atoms with E-state index in [0.717, 1.165) is 16.8 Å². The molecule has 92 valence electrons. The second-order valence-electron chi connectivity index (χ2n) is 3.57. The predicted molar refractivity (Wildman–Crippen MR) is 53.3 cm³/mol. The van der Waals surface area contributed by atoms with E-state index < -0.39 is 42.1 Å². The maximum absolute atomic E-state index is 11.6. The molecule has 0 spiro atoms. The zero-order chi connectivity index (χ0) is 12.6. The fourth-order valence-corrected chi connectivity index (χ4v) is 1.59. The first-order valence-electron chi connectivity index (χ1n) is 4.84. The van der Waals surface area contributed by atoms with Gasteiger partial charge in [-0.15, -0.1) is 0 Å². The topological polar surface area (TPSA) is 122 Å². The molecular weight excluding hydrogens is 232 g/mol. The first kappa shape index (κ1) is 11.7. The summed E-state index contributed by atoms with van der Waals surface area (Å²) in [6.45, 7) is -0.540. The van der Waals surface area contributed by atoms with E-state index in [0.29, 0.717) is 0 Å². The van der Waals surface area contributed by atoms with Crippen molar-refractivity contribution in [2.75, 3.05) is 6.61 Å². The molecule has 0 unspecified atom stereocenters. The standard InChI is InChI=1S/C9H10N2O6/c12-3-4-6(14)7(15)8(17-4)11-2-1-5(13)10-9(11)16/h1-2,4,6,8,12,14H,3H2,(H,10,13,16)/t4-,6-,8-/m1/s1.